The highest BCUT2D eigenvalue weighted by Crippen LogP contribution is 2.34. The molecule has 0 aromatic carbocycles. The van der Waals surface area contributed by atoms with Crippen LogP contribution in [0.25, 0.3) is 0 Å². The van der Waals surface area contributed by atoms with Crippen molar-refractivity contribution in [1.82, 2.24) is 4.90 Å². The molecule has 0 N–H and O–H groups in total. The van der Waals surface area contributed by atoms with E-state index in [1.807, 2.05) is 0 Å². The van der Waals surface area contributed by atoms with Crippen molar-refractivity contribution in [1.29, 1.82) is 5.26 Å². The Morgan fingerprint density at radius 2 is 2.39 bits per heavy atom. The lowest BCUT2D eigenvalue weighted by molar-refractivity contribution is -0.124. The Balaban J connectivity index is 2.23. The van der Waals surface area contributed by atoms with Crippen LogP contribution < -0.4 is 0 Å². The molecule has 0 saturated carbocycles. The zero-order valence-electron chi connectivity index (χ0n) is 10.9. The average molecular weight is 244 g/mol. The van der Waals surface area contributed by atoms with E-state index >= 15 is 0 Å². The van der Waals surface area contributed by atoms with Crippen LogP contribution in [0.1, 0.15) is 39.0 Å². The Morgan fingerprint density at radius 3 is 3.00 bits per heavy atom. The lowest BCUT2D eigenvalue weighted by Crippen LogP contribution is -2.55. The smallest absolute Gasteiger partial charge is 0.135 e. The lowest BCUT2D eigenvalue weighted by Gasteiger charge is -2.48. The van der Waals surface area contributed by atoms with E-state index in [-0.39, 0.29) is 11.6 Å². The predicted octanol–water partition coefficient (Wildman–Crippen LogP) is 2.60. The third-order valence-corrected chi connectivity index (χ3v) is 4.17. The number of Topliss-reactive ketones (excluding diaryl/α,β-unsaturated/α-hetero) is 1. The molecule has 1 saturated heterocycles. The molecular weight excluding hydrogens is 224 g/mol. The van der Waals surface area contributed by atoms with Crippen molar-refractivity contribution < 1.29 is 4.79 Å². The minimum Gasteiger partial charge on any atom is -0.300 e. The summed E-state index contributed by atoms with van der Waals surface area (Å²) >= 11 is 0. The number of nitrogens with zero attached hydrogens (tertiary/aromatic N) is 2. The Labute approximate surface area is 109 Å². The Morgan fingerprint density at radius 1 is 1.56 bits per heavy atom. The highest BCUT2D eigenvalue weighted by molar-refractivity contribution is 5.80. The van der Waals surface area contributed by atoms with Gasteiger partial charge in [-0.2, -0.15) is 5.26 Å². The molecule has 2 aliphatic rings. The van der Waals surface area contributed by atoms with Crippen LogP contribution in [-0.4, -0.2) is 28.8 Å². The molecule has 1 heterocycles. The number of likely N-dealkylation sites (tertiary alicyclic amines) is 1. The lowest BCUT2D eigenvalue weighted by atomic mass is 9.82. The summed E-state index contributed by atoms with van der Waals surface area (Å²) in [4.78, 5) is 14.0. The maximum absolute atomic E-state index is 11.6. The fraction of sp³-hybridized carbons (Fsp3) is 0.600. The third kappa shape index (κ3) is 2.39. The number of ketones is 1. The summed E-state index contributed by atoms with van der Waals surface area (Å²) in [7, 11) is 0. The first-order valence-corrected chi connectivity index (χ1v) is 6.71. The van der Waals surface area contributed by atoms with E-state index in [0.717, 1.165) is 19.4 Å². The monoisotopic (exact) mass is 244 g/mol. The van der Waals surface area contributed by atoms with Gasteiger partial charge >= 0.3 is 0 Å². The molecule has 0 amide bonds. The van der Waals surface area contributed by atoms with Crippen LogP contribution in [0.5, 0.6) is 0 Å². The standard InChI is InChI=1S/C15H20N2O/c1-2-15(8-4-3-5-9-15)17-11-7-14(18)12-13(17)6-10-16/h3-5,8,13H,2,6-7,9,11-12H2,1H3/t13-,15+/m1/s1. The van der Waals surface area contributed by atoms with Gasteiger partial charge in [0, 0.05) is 31.0 Å². The molecule has 0 spiro atoms. The molecule has 2 atom stereocenters. The van der Waals surface area contributed by atoms with Gasteiger partial charge in [0.2, 0.25) is 0 Å². The average Bonchev–Trinajstić information content (AvgIpc) is 2.40. The van der Waals surface area contributed by atoms with Crippen LogP contribution >= 0.6 is 0 Å². The third-order valence-electron chi connectivity index (χ3n) is 4.17. The van der Waals surface area contributed by atoms with E-state index in [9.17, 15) is 4.79 Å². The molecule has 0 aromatic rings. The van der Waals surface area contributed by atoms with Crippen molar-refractivity contribution in [3.8, 4) is 6.07 Å². The van der Waals surface area contributed by atoms with Crippen molar-refractivity contribution in [3.05, 3.63) is 24.3 Å². The van der Waals surface area contributed by atoms with E-state index < -0.39 is 0 Å². The predicted molar refractivity (Wildman–Crippen MR) is 70.9 cm³/mol. The molecule has 1 aliphatic heterocycles. The van der Waals surface area contributed by atoms with Gasteiger partial charge in [-0.15, -0.1) is 0 Å². The molecular formula is C15H20N2O. The van der Waals surface area contributed by atoms with Crippen molar-refractivity contribution >= 4 is 5.78 Å². The summed E-state index contributed by atoms with van der Waals surface area (Å²) in [6, 6.07) is 2.32. The van der Waals surface area contributed by atoms with Gasteiger partial charge in [-0.1, -0.05) is 31.2 Å². The van der Waals surface area contributed by atoms with Crippen LogP contribution in [0.4, 0.5) is 0 Å². The van der Waals surface area contributed by atoms with Crippen molar-refractivity contribution in [2.45, 2.75) is 50.6 Å². The van der Waals surface area contributed by atoms with Gasteiger partial charge in [0.05, 0.1) is 12.5 Å². The minimum absolute atomic E-state index is 0.0109. The quantitative estimate of drug-likeness (QED) is 0.766. The molecule has 0 radical (unpaired) electrons. The summed E-state index contributed by atoms with van der Waals surface area (Å²) in [6.07, 6.45) is 12.2. The first-order valence-electron chi connectivity index (χ1n) is 6.71. The van der Waals surface area contributed by atoms with E-state index in [1.165, 1.54) is 0 Å². The second kappa shape index (κ2) is 5.49. The number of carbonyl (C=O) groups is 1. The molecule has 1 fully saturated rings. The van der Waals surface area contributed by atoms with Crippen LogP contribution in [0.15, 0.2) is 24.3 Å². The van der Waals surface area contributed by atoms with Gasteiger partial charge < -0.3 is 0 Å². The largest absolute Gasteiger partial charge is 0.300 e. The molecule has 2 rings (SSSR count). The van der Waals surface area contributed by atoms with Crippen LogP contribution in [-0.2, 0) is 4.79 Å². The normalized spacial score (nSPS) is 32.4. The molecule has 0 bridgehead atoms. The molecule has 0 aromatic heterocycles. The number of rotatable bonds is 3. The number of hydrogen-bond donors (Lipinski definition) is 0. The van der Waals surface area contributed by atoms with Crippen molar-refractivity contribution in [3.63, 3.8) is 0 Å². The first kappa shape index (κ1) is 13.0. The molecule has 3 heteroatoms. The number of hydrogen-bond acceptors (Lipinski definition) is 3. The zero-order valence-corrected chi connectivity index (χ0v) is 10.9. The van der Waals surface area contributed by atoms with Gasteiger partial charge in [-0.3, -0.25) is 9.69 Å². The van der Waals surface area contributed by atoms with E-state index in [4.69, 9.17) is 5.26 Å². The molecule has 0 unspecified atom stereocenters. The van der Waals surface area contributed by atoms with E-state index in [0.29, 0.717) is 25.0 Å². The number of carbonyl (C=O) groups excluding carboxylic acids is 1. The van der Waals surface area contributed by atoms with Crippen molar-refractivity contribution in [2.75, 3.05) is 6.54 Å². The summed E-state index contributed by atoms with van der Waals surface area (Å²) in [5, 5.41) is 8.96. The summed E-state index contributed by atoms with van der Waals surface area (Å²) < 4.78 is 0. The minimum atomic E-state index is 0.0109. The van der Waals surface area contributed by atoms with Crippen LogP contribution in [0, 0.1) is 11.3 Å². The summed E-state index contributed by atoms with van der Waals surface area (Å²) in [5.74, 6) is 0.299. The molecule has 96 valence electrons. The van der Waals surface area contributed by atoms with Gasteiger partial charge in [-0.05, 0) is 12.8 Å². The van der Waals surface area contributed by atoms with Gasteiger partial charge in [-0.25, -0.2) is 0 Å². The SMILES string of the molecule is CC[C@]1(N2CCC(=O)C[C@H]2CC#N)C=CC=CC1. The highest BCUT2D eigenvalue weighted by Gasteiger charge is 2.39. The fourth-order valence-corrected chi connectivity index (χ4v) is 3.11. The number of nitriles is 1. The molecule has 18 heavy (non-hydrogen) atoms. The van der Waals surface area contributed by atoms with E-state index in [1.54, 1.807) is 0 Å². The zero-order chi connectivity index (χ0) is 13.0. The van der Waals surface area contributed by atoms with Gasteiger partial charge in [0.1, 0.15) is 5.78 Å². The second-order valence-corrected chi connectivity index (χ2v) is 5.15. The summed E-state index contributed by atoms with van der Waals surface area (Å²) in [5.41, 5.74) is 0.0109. The maximum Gasteiger partial charge on any atom is 0.135 e. The number of allylic oxidation sites excluding steroid dienone is 2. The second-order valence-electron chi connectivity index (χ2n) is 5.15. The van der Waals surface area contributed by atoms with E-state index in [2.05, 4.69) is 42.2 Å². The maximum atomic E-state index is 11.6. The Bertz CT molecular complexity index is 419. The number of piperidine rings is 1. The Hall–Kier alpha value is -1.40. The molecule has 3 nitrogen and oxygen atoms in total. The Kier molecular flexibility index (Phi) is 3.98. The fourth-order valence-electron chi connectivity index (χ4n) is 3.11. The first-order chi connectivity index (χ1) is 8.72. The molecule has 1 aliphatic carbocycles. The highest BCUT2D eigenvalue weighted by atomic mass is 16.1. The topological polar surface area (TPSA) is 44.1 Å². The van der Waals surface area contributed by atoms with Gasteiger partial charge in [0.25, 0.3) is 0 Å². The summed E-state index contributed by atoms with van der Waals surface area (Å²) in [6.45, 7) is 2.97. The van der Waals surface area contributed by atoms with Gasteiger partial charge in [0.15, 0.2) is 0 Å². The van der Waals surface area contributed by atoms with Crippen LogP contribution in [0.2, 0.25) is 0 Å². The van der Waals surface area contributed by atoms with Crippen molar-refractivity contribution in [2.24, 2.45) is 0 Å². The van der Waals surface area contributed by atoms with Crippen LogP contribution in [0.3, 0.4) is 0 Å².